The molecular weight excluding hydrogens is 380 g/mol. The number of aromatic nitrogens is 2. The van der Waals surface area contributed by atoms with E-state index in [0.29, 0.717) is 18.7 Å². The number of nitrogens with zero attached hydrogens (tertiary/aromatic N) is 2. The SMILES string of the molecule is COc1cccc2c(C(C)N(C)C(=O)C=Cc3cnc4c(c3)CCC(=O)N4)c[nH]c12. The molecule has 0 saturated carbocycles. The van der Waals surface area contributed by atoms with E-state index >= 15 is 0 Å². The number of ether oxygens (including phenoxy) is 1. The minimum absolute atomic E-state index is 0.0148. The number of hydrogen-bond donors (Lipinski definition) is 2. The topological polar surface area (TPSA) is 87.3 Å². The third-order valence-electron chi connectivity index (χ3n) is 5.59. The molecule has 0 spiro atoms. The van der Waals surface area contributed by atoms with Crippen molar-refractivity contribution in [2.75, 3.05) is 19.5 Å². The number of amides is 2. The van der Waals surface area contributed by atoms with E-state index in [1.165, 1.54) is 0 Å². The van der Waals surface area contributed by atoms with Crippen LogP contribution in [0.25, 0.3) is 17.0 Å². The van der Waals surface area contributed by atoms with E-state index in [-0.39, 0.29) is 17.9 Å². The number of methoxy groups -OCH3 is 1. The van der Waals surface area contributed by atoms with Crippen molar-refractivity contribution >= 4 is 34.6 Å². The molecule has 7 heteroatoms. The van der Waals surface area contributed by atoms with Gasteiger partial charge in [0.2, 0.25) is 11.8 Å². The maximum atomic E-state index is 12.8. The van der Waals surface area contributed by atoms with Crippen LogP contribution in [0.4, 0.5) is 5.82 Å². The molecule has 7 nitrogen and oxygen atoms in total. The zero-order valence-electron chi connectivity index (χ0n) is 17.2. The van der Waals surface area contributed by atoms with Crippen molar-refractivity contribution in [1.29, 1.82) is 0 Å². The standard InChI is InChI=1S/C23H24N4O3/c1-14(18-13-24-22-17(18)5-4-6-19(22)30-3)27(2)21(29)10-7-15-11-16-8-9-20(28)26-23(16)25-12-15/h4-7,10-14,24H,8-9H2,1-3H3,(H,25,26,28). The first kappa shape index (κ1) is 19.7. The first-order valence-corrected chi connectivity index (χ1v) is 9.85. The van der Waals surface area contributed by atoms with Gasteiger partial charge >= 0.3 is 0 Å². The molecule has 2 N–H and O–H groups in total. The molecule has 1 unspecified atom stereocenters. The van der Waals surface area contributed by atoms with Gasteiger partial charge in [-0.05, 0) is 48.2 Å². The zero-order chi connectivity index (χ0) is 21.3. The summed E-state index contributed by atoms with van der Waals surface area (Å²) in [7, 11) is 3.43. The number of carbonyl (C=O) groups excluding carboxylic acids is 2. The lowest BCUT2D eigenvalue weighted by atomic mass is 10.0. The van der Waals surface area contributed by atoms with Gasteiger partial charge in [-0.3, -0.25) is 9.59 Å². The highest BCUT2D eigenvalue weighted by molar-refractivity contribution is 5.94. The summed E-state index contributed by atoms with van der Waals surface area (Å²) in [6, 6.07) is 7.70. The highest BCUT2D eigenvalue weighted by Gasteiger charge is 2.20. The van der Waals surface area contributed by atoms with E-state index in [4.69, 9.17) is 4.74 Å². The Bertz CT molecular complexity index is 1150. The number of aromatic amines is 1. The van der Waals surface area contributed by atoms with E-state index in [9.17, 15) is 9.59 Å². The monoisotopic (exact) mass is 404 g/mol. The number of aryl methyl sites for hydroxylation is 1. The van der Waals surface area contributed by atoms with Crippen LogP contribution in [0.2, 0.25) is 0 Å². The Morgan fingerprint density at radius 1 is 1.33 bits per heavy atom. The van der Waals surface area contributed by atoms with E-state index < -0.39 is 0 Å². The van der Waals surface area contributed by atoms with E-state index in [1.54, 1.807) is 37.4 Å². The van der Waals surface area contributed by atoms with Crippen molar-refractivity contribution in [3.05, 3.63) is 59.4 Å². The summed E-state index contributed by atoms with van der Waals surface area (Å²) in [4.78, 5) is 33.5. The Hall–Kier alpha value is -3.61. The van der Waals surface area contributed by atoms with Crippen molar-refractivity contribution in [2.45, 2.75) is 25.8 Å². The van der Waals surface area contributed by atoms with Crippen LogP contribution in [0, 0.1) is 0 Å². The second kappa shape index (κ2) is 8.02. The highest BCUT2D eigenvalue weighted by atomic mass is 16.5. The molecule has 4 rings (SSSR count). The van der Waals surface area contributed by atoms with Crippen LogP contribution in [0.15, 0.2) is 42.7 Å². The summed E-state index contributed by atoms with van der Waals surface area (Å²) in [6.07, 6.45) is 8.00. The molecule has 0 saturated heterocycles. The van der Waals surface area contributed by atoms with Gasteiger partial charge in [-0.25, -0.2) is 4.98 Å². The van der Waals surface area contributed by atoms with Crippen molar-refractivity contribution in [3.63, 3.8) is 0 Å². The second-order valence-corrected chi connectivity index (χ2v) is 7.41. The molecule has 1 atom stereocenters. The number of benzene rings is 1. The fraction of sp³-hybridized carbons (Fsp3) is 0.261. The largest absolute Gasteiger partial charge is 0.495 e. The summed E-state index contributed by atoms with van der Waals surface area (Å²) in [5.74, 6) is 1.26. The summed E-state index contributed by atoms with van der Waals surface area (Å²) in [6.45, 7) is 2.00. The van der Waals surface area contributed by atoms with Gasteiger partial charge < -0.3 is 19.9 Å². The number of anilines is 1. The lowest BCUT2D eigenvalue weighted by Gasteiger charge is -2.23. The second-order valence-electron chi connectivity index (χ2n) is 7.41. The fourth-order valence-corrected chi connectivity index (χ4v) is 3.71. The van der Waals surface area contributed by atoms with Gasteiger partial charge in [0.15, 0.2) is 0 Å². The van der Waals surface area contributed by atoms with Crippen LogP contribution in [-0.4, -0.2) is 40.8 Å². The van der Waals surface area contributed by atoms with Gasteiger partial charge in [0.1, 0.15) is 11.6 Å². The Kier molecular flexibility index (Phi) is 5.27. The normalized spacial score (nSPS) is 14.4. The Morgan fingerprint density at radius 3 is 2.97 bits per heavy atom. The average molecular weight is 404 g/mol. The van der Waals surface area contributed by atoms with Gasteiger partial charge in [-0.2, -0.15) is 0 Å². The van der Waals surface area contributed by atoms with Crippen LogP contribution in [0.5, 0.6) is 5.75 Å². The van der Waals surface area contributed by atoms with Crippen molar-refractivity contribution in [3.8, 4) is 5.75 Å². The summed E-state index contributed by atoms with van der Waals surface area (Å²) < 4.78 is 5.41. The molecule has 2 amide bonds. The Labute approximate surface area is 174 Å². The quantitative estimate of drug-likeness (QED) is 0.635. The smallest absolute Gasteiger partial charge is 0.246 e. The molecule has 3 aromatic rings. The van der Waals surface area contributed by atoms with Gasteiger partial charge in [0.25, 0.3) is 0 Å². The molecule has 1 aromatic carbocycles. The van der Waals surface area contributed by atoms with Gasteiger partial charge in [0, 0.05) is 37.3 Å². The molecule has 3 heterocycles. The highest BCUT2D eigenvalue weighted by Crippen LogP contribution is 2.32. The number of pyridine rings is 1. The molecule has 1 aliphatic heterocycles. The third-order valence-corrected chi connectivity index (χ3v) is 5.59. The van der Waals surface area contributed by atoms with Crippen LogP contribution in [-0.2, 0) is 16.0 Å². The van der Waals surface area contributed by atoms with E-state index in [2.05, 4.69) is 15.3 Å². The Balaban J connectivity index is 1.50. The number of likely N-dealkylation sites (N-methyl/N-ethyl adjacent to an activating group) is 1. The fourth-order valence-electron chi connectivity index (χ4n) is 3.71. The van der Waals surface area contributed by atoms with Crippen molar-refractivity contribution in [1.82, 2.24) is 14.9 Å². The molecular formula is C23H24N4O3. The van der Waals surface area contributed by atoms with Crippen molar-refractivity contribution in [2.24, 2.45) is 0 Å². The average Bonchev–Trinajstić information content (AvgIpc) is 3.20. The first-order chi connectivity index (χ1) is 14.5. The van der Waals surface area contributed by atoms with Crippen LogP contribution >= 0.6 is 0 Å². The first-order valence-electron chi connectivity index (χ1n) is 9.85. The maximum absolute atomic E-state index is 12.8. The minimum atomic E-state index is -0.125. The minimum Gasteiger partial charge on any atom is -0.495 e. The van der Waals surface area contributed by atoms with Crippen LogP contribution in [0.1, 0.15) is 36.1 Å². The number of nitrogens with one attached hydrogen (secondary N) is 2. The van der Waals surface area contributed by atoms with Gasteiger partial charge in [-0.15, -0.1) is 0 Å². The molecule has 0 radical (unpaired) electrons. The lowest BCUT2D eigenvalue weighted by molar-refractivity contribution is -0.126. The number of hydrogen-bond acceptors (Lipinski definition) is 4. The molecule has 30 heavy (non-hydrogen) atoms. The number of carbonyl (C=O) groups is 2. The van der Waals surface area contributed by atoms with E-state index in [1.807, 2.05) is 37.4 Å². The predicted molar refractivity (Wildman–Crippen MR) is 116 cm³/mol. The molecule has 0 bridgehead atoms. The molecule has 2 aromatic heterocycles. The predicted octanol–water partition coefficient (Wildman–Crippen LogP) is 3.69. The number of H-pyrrole nitrogens is 1. The van der Waals surface area contributed by atoms with Gasteiger partial charge in [-0.1, -0.05) is 12.1 Å². The summed E-state index contributed by atoms with van der Waals surface area (Å²) in [5.41, 5.74) is 3.76. The number of para-hydroxylation sites is 1. The van der Waals surface area contributed by atoms with E-state index in [0.717, 1.165) is 33.3 Å². The maximum Gasteiger partial charge on any atom is 0.246 e. The molecule has 0 fully saturated rings. The van der Waals surface area contributed by atoms with Crippen LogP contribution in [0.3, 0.4) is 0 Å². The Morgan fingerprint density at radius 2 is 2.17 bits per heavy atom. The summed E-state index contributed by atoms with van der Waals surface area (Å²) >= 11 is 0. The van der Waals surface area contributed by atoms with Crippen LogP contribution < -0.4 is 10.1 Å². The zero-order valence-corrected chi connectivity index (χ0v) is 17.2. The number of rotatable bonds is 5. The molecule has 154 valence electrons. The van der Waals surface area contributed by atoms with Crippen molar-refractivity contribution < 1.29 is 14.3 Å². The van der Waals surface area contributed by atoms with Gasteiger partial charge in [0.05, 0.1) is 18.7 Å². The summed E-state index contributed by atoms with van der Waals surface area (Å²) in [5, 5.41) is 3.80. The molecule has 1 aliphatic rings. The lowest BCUT2D eigenvalue weighted by Crippen LogP contribution is -2.27. The molecule has 0 aliphatic carbocycles. The third kappa shape index (κ3) is 3.66. The number of fused-ring (bicyclic) bond motifs is 2.